The van der Waals surface area contributed by atoms with E-state index in [4.69, 9.17) is 0 Å². The molecule has 0 amide bonds. The molecule has 1 N–H and O–H groups in total. The lowest BCUT2D eigenvalue weighted by Crippen LogP contribution is -1.70. The molecule has 0 spiro atoms. The molecule has 0 aliphatic rings. The zero-order valence-electron chi connectivity index (χ0n) is 7.48. The third kappa shape index (κ3) is 1.51. The topological polar surface area (TPSA) is 37.3 Å². The van der Waals surface area contributed by atoms with Crippen LogP contribution in [0.2, 0.25) is 0 Å². The second kappa shape index (κ2) is 3.63. The number of aromatic hydroxyl groups is 1. The van der Waals surface area contributed by atoms with Gasteiger partial charge >= 0.3 is 0 Å². The van der Waals surface area contributed by atoms with E-state index in [1.807, 2.05) is 12.3 Å². The van der Waals surface area contributed by atoms with E-state index in [0.29, 0.717) is 4.88 Å². The predicted octanol–water partition coefficient (Wildman–Crippen LogP) is 3.14. The average Bonchev–Trinajstić information content (AvgIpc) is 2.61. The first kappa shape index (κ1) is 9.55. The highest BCUT2D eigenvalue weighted by atomic mass is 32.2. The van der Waals surface area contributed by atoms with Gasteiger partial charge in [0.05, 0.1) is 4.88 Å². The van der Waals surface area contributed by atoms with Crippen LogP contribution in [-0.2, 0) is 0 Å². The maximum atomic E-state index is 10.6. The molecule has 14 heavy (non-hydrogen) atoms. The highest BCUT2D eigenvalue weighted by molar-refractivity contribution is 7.98. The molecule has 0 radical (unpaired) electrons. The number of carbonyl (C=O) groups is 1. The Hall–Kier alpha value is -1.00. The molecule has 4 heteroatoms. The monoisotopic (exact) mass is 224 g/mol. The summed E-state index contributed by atoms with van der Waals surface area (Å²) in [5, 5.41) is 10.4. The van der Waals surface area contributed by atoms with Gasteiger partial charge in [-0.25, -0.2) is 0 Å². The van der Waals surface area contributed by atoms with E-state index >= 15 is 0 Å². The summed E-state index contributed by atoms with van der Waals surface area (Å²) in [7, 11) is 0. The zero-order chi connectivity index (χ0) is 10.1. The molecule has 72 valence electrons. The van der Waals surface area contributed by atoms with Crippen LogP contribution in [-0.4, -0.2) is 17.6 Å². The first-order valence-corrected chi connectivity index (χ1v) is 6.04. The number of phenols is 1. The minimum Gasteiger partial charge on any atom is -0.507 e. The van der Waals surface area contributed by atoms with Crippen molar-refractivity contribution in [3.63, 3.8) is 0 Å². The number of thiophene rings is 1. The maximum Gasteiger partial charge on any atom is 0.160 e. The van der Waals surface area contributed by atoms with Crippen molar-refractivity contribution in [3.05, 3.63) is 23.1 Å². The first-order valence-electron chi connectivity index (χ1n) is 4.00. The standard InChI is InChI=1S/C10H8O2S2/c1-13-6-3-9(12)8-2-7(5-11)14-10(8)4-6/h2-5,12H,1H3. The summed E-state index contributed by atoms with van der Waals surface area (Å²) in [5.74, 6) is 0.246. The summed E-state index contributed by atoms with van der Waals surface area (Å²) < 4.78 is 0.955. The lowest BCUT2D eigenvalue weighted by Gasteiger charge is -1.98. The van der Waals surface area contributed by atoms with Crippen LogP contribution in [0.1, 0.15) is 9.67 Å². The molecule has 1 aromatic carbocycles. The normalized spacial score (nSPS) is 10.6. The Balaban J connectivity index is 2.73. The third-order valence-corrected chi connectivity index (χ3v) is 3.67. The Morgan fingerprint density at radius 1 is 1.43 bits per heavy atom. The minimum absolute atomic E-state index is 0.246. The number of carbonyl (C=O) groups excluding carboxylic acids is 1. The van der Waals surface area contributed by atoms with Crippen molar-refractivity contribution >= 4 is 39.5 Å². The summed E-state index contributed by atoms with van der Waals surface area (Å²) in [4.78, 5) is 12.2. The van der Waals surface area contributed by atoms with Gasteiger partial charge in [-0.15, -0.1) is 23.1 Å². The highest BCUT2D eigenvalue weighted by Crippen LogP contribution is 2.35. The van der Waals surface area contributed by atoms with Gasteiger partial charge in [0.15, 0.2) is 6.29 Å². The van der Waals surface area contributed by atoms with Gasteiger partial charge in [0, 0.05) is 15.0 Å². The highest BCUT2D eigenvalue weighted by Gasteiger charge is 2.06. The van der Waals surface area contributed by atoms with E-state index in [1.54, 1.807) is 23.9 Å². The molecule has 1 aromatic heterocycles. The van der Waals surface area contributed by atoms with Crippen LogP contribution in [0.3, 0.4) is 0 Å². The fourth-order valence-electron chi connectivity index (χ4n) is 1.29. The quantitative estimate of drug-likeness (QED) is 0.629. The van der Waals surface area contributed by atoms with E-state index in [0.717, 1.165) is 21.3 Å². The molecule has 0 atom stereocenters. The van der Waals surface area contributed by atoms with Crippen LogP contribution in [0.25, 0.3) is 10.1 Å². The lowest BCUT2D eigenvalue weighted by molar-refractivity contribution is 0.112. The number of fused-ring (bicyclic) bond motifs is 1. The van der Waals surface area contributed by atoms with E-state index in [2.05, 4.69) is 0 Å². The predicted molar refractivity (Wildman–Crippen MR) is 60.7 cm³/mol. The summed E-state index contributed by atoms with van der Waals surface area (Å²) in [6.07, 6.45) is 2.76. The molecule has 2 rings (SSSR count). The van der Waals surface area contributed by atoms with Gasteiger partial charge in [-0.05, 0) is 24.5 Å². The molecule has 0 unspecified atom stereocenters. The van der Waals surface area contributed by atoms with Crippen molar-refractivity contribution in [2.24, 2.45) is 0 Å². The smallest absolute Gasteiger partial charge is 0.160 e. The number of benzene rings is 1. The second-order valence-electron chi connectivity index (χ2n) is 2.82. The van der Waals surface area contributed by atoms with E-state index < -0.39 is 0 Å². The van der Waals surface area contributed by atoms with E-state index in [9.17, 15) is 9.90 Å². The molecule has 2 aromatic rings. The SMILES string of the molecule is CSc1cc(O)c2cc(C=O)sc2c1. The van der Waals surface area contributed by atoms with E-state index in [-0.39, 0.29) is 5.75 Å². The molecule has 0 saturated heterocycles. The van der Waals surface area contributed by atoms with Crippen LogP contribution < -0.4 is 0 Å². The van der Waals surface area contributed by atoms with Crippen LogP contribution >= 0.6 is 23.1 Å². The number of hydrogen-bond acceptors (Lipinski definition) is 4. The fourth-order valence-corrected chi connectivity index (χ4v) is 2.77. The second-order valence-corrected chi connectivity index (χ2v) is 4.82. The molecule has 0 aliphatic heterocycles. The Morgan fingerprint density at radius 3 is 2.86 bits per heavy atom. The van der Waals surface area contributed by atoms with Crippen molar-refractivity contribution < 1.29 is 9.90 Å². The molecule has 2 nitrogen and oxygen atoms in total. The van der Waals surface area contributed by atoms with Crippen molar-refractivity contribution in [2.75, 3.05) is 6.26 Å². The number of rotatable bonds is 2. The maximum absolute atomic E-state index is 10.6. The third-order valence-electron chi connectivity index (χ3n) is 1.96. The fraction of sp³-hybridized carbons (Fsp3) is 0.100. The first-order chi connectivity index (χ1) is 6.74. The molecule has 1 heterocycles. The van der Waals surface area contributed by atoms with Crippen LogP contribution in [0, 0.1) is 0 Å². The van der Waals surface area contributed by atoms with Crippen LogP contribution in [0.4, 0.5) is 0 Å². The van der Waals surface area contributed by atoms with Crippen molar-refractivity contribution in [2.45, 2.75) is 4.90 Å². The number of phenolic OH excluding ortho intramolecular Hbond substituents is 1. The zero-order valence-corrected chi connectivity index (χ0v) is 9.11. The Morgan fingerprint density at radius 2 is 2.21 bits per heavy atom. The number of hydrogen-bond donors (Lipinski definition) is 1. The van der Waals surface area contributed by atoms with Gasteiger partial charge in [-0.3, -0.25) is 4.79 Å². The van der Waals surface area contributed by atoms with Crippen molar-refractivity contribution in [1.29, 1.82) is 0 Å². The van der Waals surface area contributed by atoms with Gasteiger partial charge in [0.1, 0.15) is 5.75 Å². The molecule has 0 fully saturated rings. The van der Waals surface area contributed by atoms with Crippen molar-refractivity contribution in [1.82, 2.24) is 0 Å². The Labute approximate surface area is 89.6 Å². The van der Waals surface area contributed by atoms with Gasteiger partial charge in [-0.1, -0.05) is 0 Å². The van der Waals surface area contributed by atoms with Crippen LogP contribution in [0.5, 0.6) is 5.75 Å². The summed E-state index contributed by atoms with van der Waals surface area (Å²) >= 11 is 2.97. The Bertz CT molecular complexity index is 488. The molecule has 0 bridgehead atoms. The summed E-state index contributed by atoms with van der Waals surface area (Å²) in [6, 6.07) is 5.41. The summed E-state index contributed by atoms with van der Waals surface area (Å²) in [6.45, 7) is 0. The molecule has 0 aliphatic carbocycles. The van der Waals surface area contributed by atoms with Gasteiger partial charge < -0.3 is 5.11 Å². The molecule has 0 saturated carbocycles. The lowest BCUT2D eigenvalue weighted by atomic mass is 10.2. The summed E-state index contributed by atoms with van der Waals surface area (Å²) in [5.41, 5.74) is 0. The average molecular weight is 224 g/mol. The minimum atomic E-state index is 0.246. The molecular weight excluding hydrogens is 216 g/mol. The number of thioether (sulfide) groups is 1. The Kier molecular flexibility index (Phi) is 2.48. The van der Waals surface area contributed by atoms with Gasteiger partial charge in [-0.2, -0.15) is 0 Å². The van der Waals surface area contributed by atoms with E-state index in [1.165, 1.54) is 11.3 Å². The molecular formula is C10H8O2S2. The number of aldehydes is 1. The van der Waals surface area contributed by atoms with Gasteiger partial charge in [0.25, 0.3) is 0 Å². The van der Waals surface area contributed by atoms with Crippen molar-refractivity contribution in [3.8, 4) is 5.75 Å². The largest absolute Gasteiger partial charge is 0.507 e. The van der Waals surface area contributed by atoms with Crippen LogP contribution in [0.15, 0.2) is 23.1 Å². The van der Waals surface area contributed by atoms with Gasteiger partial charge in [0.2, 0.25) is 0 Å².